The summed E-state index contributed by atoms with van der Waals surface area (Å²) in [4.78, 5) is 15.9. The SMILES string of the molecule is Nc1nc(C(=O)Nc2cccc3cn[nH]c23)cs1. The van der Waals surface area contributed by atoms with Crippen LogP contribution in [0, 0.1) is 0 Å². The molecule has 2 aromatic heterocycles. The van der Waals surface area contributed by atoms with Gasteiger partial charge in [-0.1, -0.05) is 12.1 Å². The molecule has 0 aliphatic rings. The summed E-state index contributed by atoms with van der Waals surface area (Å²) in [5.41, 5.74) is 7.26. The van der Waals surface area contributed by atoms with Crippen molar-refractivity contribution in [3.8, 4) is 0 Å². The standard InChI is InChI=1S/C11H9N5OS/c12-11-15-8(5-18-11)10(17)14-7-3-1-2-6-4-13-16-9(6)7/h1-5H,(H2,12,15)(H,13,16)(H,14,17). The zero-order chi connectivity index (χ0) is 12.5. The van der Waals surface area contributed by atoms with E-state index in [4.69, 9.17) is 5.73 Å². The highest BCUT2D eigenvalue weighted by Crippen LogP contribution is 2.21. The van der Waals surface area contributed by atoms with E-state index in [1.165, 1.54) is 11.3 Å². The molecule has 6 nitrogen and oxygen atoms in total. The fourth-order valence-corrected chi connectivity index (χ4v) is 2.19. The van der Waals surface area contributed by atoms with Crippen LogP contribution < -0.4 is 11.1 Å². The number of nitrogens with one attached hydrogen (secondary N) is 2. The lowest BCUT2D eigenvalue weighted by Gasteiger charge is -2.03. The average molecular weight is 259 g/mol. The van der Waals surface area contributed by atoms with Crippen molar-refractivity contribution in [3.63, 3.8) is 0 Å². The van der Waals surface area contributed by atoms with E-state index in [-0.39, 0.29) is 5.91 Å². The molecule has 0 fully saturated rings. The zero-order valence-corrected chi connectivity index (χ0v) is 9.99. The Labute approximate surface area is 106 Å². The van der Waals surface area contributed by atoms with Crippen LogP contribution in [-0.2, 0) is 0 Å². The molecule has 0 atom stereocenters. The molecule has 3 aromatic rings. The third kappa shape index (κ3) is 1.80. The first-order valence-corrected chi connectivity index (χ1v) is 6.06. The number of rotatable bonds is 2. The molecule has 0 aliphatic carbocycles. The minimum Gasteiger partial charge on any atom is -0.375 e. The monoisotopic (exact) mass is 259 g/mol. The second-order valence-electron chi connectivity index (χ2n) is 3.66. The van der Waals surface area contributed by atoms with E-state index in [1.54, 1.807) is 17.6 Å². The lowest BCUT2D eigenvalue weighted by molar-refractivity contribution is 0.102. The number of hydrogen-bond acceptors (Lipinski definition) is 5. The molecule has 0 aliphatic heterocycles. The van der Waals surface area contributed by atoms with E-state index in [9.17, 15) is 4.79 Å². The molecule has 0 spiro atoms. The van der Waals surface area contributed by atoms with Crippen LogP contribution in [0.5, 0.6) is 0 Å². The van der Waals surface area contributed by atoms with Gasteiger partial charge in [-0.3, -0.25) is 9.89 Å². The minimum absolute atomic E-state index is 0.287. The number of fused-ring (bicyclic) bond motifs is 1. The van der Waals surface area contributed by atoms with Crippen LogP contribution in [0.2, 0.25) is 0 Å². The van der Waals surface area contributed by atoms with Crippen molar-refractivity contribution in [1.29, 1.82) is 0 Å². The quantitative estimate of drug-likeness (QED) is 0.654. The Kier molecular flexibility index (Phi) is 2.45. The van der Waals surface area contributed by atoms with Crippen molar-refractivity contribution in [2.75, 3.05) is 11.1 Å². The number of nitrogens with zero attached hydrogens (tertiary/aromatic N) is 2. The summed E-state index contributed by atoms with van der Waals surface area (Å²) in [5, 5.41) is 12.5. The molecule has 0 bridgehead atoms. The molecule has 3 rings (SSSR count). The smallest absolute Gasteiger partial charge is 0.275 e. The molecule has 0 saturated carbocycles. The summed E-state index contributed by atoms with van der Waals surface area (Å²) < 4.78 is 0. The maximum absolute atomic E-state index is 11.9. The maximum atomic E-state index is 11.9. The molecule has 0 saturated heterocycles. The Balaban J connectivity index is 1.92. The molecule has 1 aromatic carbocycles. The number of aromatic amines is 1. The highest BCUT2D eigenvalue weighted by Gasteiger charge is 2.11. The number of carbonyl (C=O) groups excluding carboxylic acids is 1. The van der Waals surface area contributed by atoms with Crippen molar-refractivity contribution in [2.24, 2.45) is 0 Å². The summed E-state index contributed by atoms with van der Waals surface area (Å²) in [6.07, 6.45) is 1.70. The Hall–Kier alpha value is -2.41. The second-order valence-corrected chi connectivity index (χ2v) is 4.55. The lowest BCUT2D eigenvalue weighted by Crippen LogP contribution is -2.12. The van der Waals surface area contributed by atoms with Gasteiger partial charge in [0.1, 0.15) is 5.69 Å². The van der Waals surface area contributed by atoms with Crippen molar-refractivity contribution in [3.05, 3.63) is 35.5 Å². The Morgan fingerprint density at radius 3 is 3.11 bits per heavy atom. The molecule has 0 unspecified atom stereocenters. The summed E-state index contributed by atoms with van der Waals surface area (Å²) >= 11 is 1.23. The van der Waals surface area contributed by atoms with Crippen LogP contribution in [0.1, 0.15) is 10.5 Å². The van der Waals surface area contributed by atoms with Gasteiger partial charge in [0.2, 0.25) is 0 Å². The van der Waals surface area contributed by atoms with Gasteiger partial charge in [0.15, 0.2) is 5.13 Å². The van der Waals surface area contributed by atoms with Crippen molar-refractivity contribution in [2.45, 2.75) is 0 Å². The van der Waals surface area contributed by atoms with Gasteiger partial charge in [-0.2, -0.15) is 5.10 Å². The van der Waals surface area contributed by atoms with Gasteiger partial charge in [0.25, 0.3) is 5.91 Å². The van der Waals surface area contributed by atoms with E-state index in [0.29, 0.717) is 16.5 Å². The Morgan fingerprint density at radius 2 is 2.33 bits per heavy atom. The summed E-state index contributed by atoms with van der Waals surface area (Å²) in [7, 11) is 0. The normalized spacial score (nSPS) is 10.7. The van der Waals surface area contributed by atoms with Crippen LogP contribution in [0.3, 0.4) is 0 Å². The van der Waals surface area contributed by atoms with Gasteiger partial charge in [-0.25, -0.2) is 4.98 Å². The molecular formula is C11H9N5OS. The molecule has 7 heteroatoms. The van der Waals surface area contributed by atoms with Gasteiger partial charge in [-0.15, -0.1) is 11.3 Å². The van der Waals surface area contributed by atoms with E-state index in [1.807, 2.05) is 12.1 Å². The maximum Gasteiger partial charge on any atom is 0.275 e. The average Bonchev–Trinajstić information content (AvgIpc) is 2.97. The van der Waals surface area contributed by atoms with Crippen molar-refractivity contribution in [1.82, 2.24) is 15.2 Å². The number of aromatic nitrogens is 3. The fourth-order valence-electron chi connectivity index (χ4n) is 1.65. The number of H-pyrrole nitrogens is 1. The number of para-hydroxylation sites is 1. The number of nitrogen functional groups attached to an aromatic ring is 1. The first-order valence-electron chi connectivity index (χ1n) is 5.18. The second kappa shape index (κ2) is 4.11. The van der Waals surface area contributed by atoms with Gasteiger partial charge in [-0.05, 0) is 6.07 Å². The molecule has 1 amide bonds. The molecule has 4 N–H and O–H groups in total. The van der Waals surface area contributed by atoms with Gasteiger partial charge < -0.3 is 11.1 Å². The predicted molar refractivity (Wildman–Crippen MR) is 70.6 cm³/mol. The number of thiazole rings is 1. The van der Waals surface area contributed by atoms with Gasteiger partial charge in [0, 0.05) is 10.8 Å². The van der Waals surface area contributed by atoms with E-state index in [2.05, 4.69) is 20.5 Å². The van der Waals surface area contributed by atoms with Crippen LogP contribution >= 0.6 is 11.3 Å². The molecule has 18 heavy (non-hydrogen) atoms. The zero-order valence-electron chi connectivity index (χ0n) is 9.18. The highest BCUT2D eigenvalue weighted by atomic mass is 32.1. The minimum atomic E-state index is -0.287. The lowest BCUT2D eigenvalue weighted by atomic mass is 10.2. The largest absolute Gasteiger partial charge is 0.375 e. The highest BCUT2D eigenvalue weighted by molar-refractivity contribution is 7.13. The Morgan fingerprint density at radius 1 is 1.44 bits per heavy atom. The first kappa shape index (κ1) is 10.7. The number of amides is 1. The van der Waals surface area contributed by atoms with E-state index < -0.39 is 0 Å². The summed E-state index contributed by atoms with van der Waals surface area (Å²) in [6.45, 7) is 0. The van der Waals surface area contributed by atoms with E-state index >= 15 is 0 Å². The number of anilines is 2. The third-order valence-corrected chi connectivity index (χ3v) is 3.15. The van der Waals surface area contributed by atoms with Crippen molar-refractivity contribution < 1.29 is 4.79 Å². The molecule has 0 radical (unpaired) electrons. The van der Waals surface area contributed by atoms with Gasteiger partial charge >= 0.3 is 0 Å². The van der Waals surface area contributed by atoms with Crippen molar-refractivity contribution >= 4 is 39.0 Å². The predicted octanol–water partition coefficient (Wildman–Crippen LogP) is 1.85. The summed E-state index contributed by atoms with van der Waals surface area (Å²) in [6, 6.07) is 5.56. The Bertz CT molecular complexity index is 717. The third-order valence-electron chi connectivity index (χ3n) is 2.48. The van der Waals surface area contributed by atoms with Crippen LogP contribution in [-0.4, -0.2) is 21.1 Å². The van der Waals surface area contributed by atoms with Crippen LogP contribution in [0.4, 0.5) is 10.8 Å². The van der Waals surface area contributed by atoms with Crippen LogP contribution in [0.25, 0.3) is 10.9 Å². The molecule has 90 valence electrons. The number of nitrogens with two attached hydrogens (primary N) is 1. The van der Waals surface area contributed by atoms with Gasteiger partial charge in [0.05, 0.1) is 17.4 Å². The topological polar surface area (TPSA) is 96.7 Å². The number of hydrogen-bond donors (Lipinski definition) is 3. The fraction of sp³-hybridized carbons (Fsp3) is 0. The first-order chi connectivity index (χ1) is 8.74. The molecular weight excluding hydrogens is 250 g/mol. The number of benzene rings is 1. The van der Waals surface area contributed by atoms with Crippen LogP contribution in [0.15, 0.2) is 29.8 Å². The summed E-state index contributed by atoms with van der Waals surface area (Å²) in [5.74, 6) is -0.287. The number of carbonyl (C=O) groups is 1. The van der Waals surface area contributed by atoms with E-state index in [0.717, 1.165) is 10.9 Å². The molecule has 2 heterocycles.